The van der Waals surface area contributed by atoms with Crippen molar-refractivity contribution >= 4 is 34.8 Å². The summed E-state index contributed by atoms with van der Waals surface area (Å²) in [4.78, 5) is 8.22. The van der Waals surface area contributed by atoms with Crippen molar-refractivity contribution in [1.82, 2.24) is 9.97 Å². The van der Waals surface area contributed by atoms with E-state index in [2.05, 4.69) is 9.97 Å². The van der Waals surface area contributed by atoms with Gasteiger partial charge in [-0.15, -0.1) is 0 Å². The van der Waals surface area contributed by atoms with E-state index >= 15 is 0 Å². The van der Waals surface area contributed by atoms with Crippen molar-refractivity contribution in [2.24, 2.45) is 0 Å². The Hall–Kier alpha value is -1.03. The Morgan fingerprint density at radius 1 is 1.11 bits per heavy atom. The van der Waals surface area contributed by atoms with Crippen LogP contribution in [0.3, 0.4) is 0 Å². The van der Waals surface area contributed by atoms with Crippen LogP contribution in [0.15, 0.2) is 24.5 Å². The van der Waals surface area contributed by atoms with Crippen LogP contribution >= 0.6 is 34.8 Å². The average Bonchev–Trinajstić information content (AvgIpc) is 2.34. The van der Waals surface area contributed by atoms with E-state index in [0.29, 0.717) is 28.1 Å². The van der Waals surface area contributed by atoms with Gasteiger partial charge in [-0.3, -0.25) is 4.98 Å². The fraction of sp³-hybridized carbons (Fsp3) is 0.167. The Labute approximate surface area is 120 Å². The minimum atomic E-state index is 0.206. The first-order valence-electron chi connectivity index (χ1n) is 5.21. The Morgan fingerprint density at radius 2 is 1.89 bits per heavy atom. The summed E-state index contributed by atoms with van der Waals surface area (Å²) in [5.41, 5.74) is 1.25. The highest BCUT2D eigenvalue weighted by molar-refractivity contribution is 6.42. The predicted molar refractivity (Wildman–Crippen MR) is 73.7 cm³/mol. The molecule has 0 radical (unpaired) electrons. The second-order valence-electron chi connectivity index (χ2n) is 3.43. The highest BCUT2D eigenvalue weighted by atomic mass is 35.5. The minimum Gasteiger partial charge on any atom is -0.492 e. The Balaban J connectivity index is 2.48. The summed E-state index contributed by atoms with van der Waals surface area (Å²) in [5, 5.41) is 0.942. The summed E-state index contributed by atoms with van der Waals surface area (Å²) in [7, 11) is 0. The van der Waals surface area contributed by atoms with Crippen LogP contribution in [-0.4, -0.2) is 16.6 Å². The summed E-state index contributed by atoms with van der Waals surface area (Å²) >= 11 is 17.8. The van der Waals surface area contributed by atoms with Crippen molar-refractivity contribution in [2.45, 2.75) is 6.92 Å². The van der Waals surface area contributed by atoms with Crippen LogP contribution in [0, 0.1) is 0 Å². The van der Waals surface area contributed by atoms with Crippen molar-refractivity contribution in [2.75, 3.05) is 6.61 Å². The monoisotopic (exact) mass is 302 g/mol. The lowest BCUT2D eigenvalue weighted by molar-refractivity contribution is 0.339. The molecule has 0 atom stereocenters. The molecule has 3 nitrogen and oxygen atoms in total. The highest BCUT2D eigenvalue weighted by Gasteiger charge is 2.11. The molecular weight excluding hydrogens is 295 g/mol. The quantitative estimate of drug-likeness (QED) is 0.783. The molecule has 18 heavy (non-hydrogen) atoms. The third-order valence-electron chi connectivity index (χ3n) is 2.18. The number of pyridine rings is 2. The topological polar surface area (TPSA) is 35.0 Å². The number of halogens is 3. The van der Waals surface area contributed by atoms with Crippen molar-refractivity contribution in [1.29, 1.82) is 0 Å². The fourth-order valence-corrected chi connectivity index (χ4v) is 2.05. The Morgan fingerprint density at radius 3 is 2.61 bits per heavy atom. The maximum absolute atomic E-state index is 6.09. The van der Waals surface area contributed by atoms with Gasteiger partial charge < -0.3 is 4.74 Å². The number of hydrogen-bond acceptors (Lipinski definition) is 3. The lowest BCUT2D eigenvalue weighted by Gasteiger charge is -2.07. The number of nitrogens with zero attached hydrogens (tertiary/aromatic N) is 2. The summed E-state index contributed by atoms with van der Waals surface area (Å²) in [5.74, 6) is 0.652. The molecule has 2 heterocycles. The maximum Gasteiger partial charge on any atom is 0.148 e. The van der Waals surface area contributed by atoms with Gasteiger partial charge in [0, 0.05) is 11.8 Å². The molecule has 6 heteroatoms. The third kappa shape index (κ3) is 2.86. The lowest BCUT2D eigenvalue weighted by atomic mass is 10.2. The summed E-state index contributed by atoms with van der Waals surface area (Å²) in [6, 6.07) is 3.36. The predicted octanol–water partition coefficient (Wildman–Crippen LogP) is 4.50. The smallest absolute Gasteiger partial charge is 0.148 e. The molecule has 0 saturated carbocycles. The van der Waals surface area contributed by atoms with Gasteiger partial charge in [-0.25, -0.2) is 4.98 Å². The molecule has 0 aliphatic rings. The van der Waals surface area contributed by atoms with E-state index in [1.54, 1.807) is 24.5 Å². The molecule has 0 N–H and O–H groups in total. The first kappa shape index (κ1) is 13.4. The molecule has 0 amide bonds. The Bertz CT molecular complexity index is 575. The summed E-state index contributed by atoms with van der Waals surface area (Å²) in [6.07, 6.45) is 3.26. The van der Waals surface area contributed by atoms with Crippen LogP contribution in [0.5, 0.6) is 5.75 Å². The molecule has 2 rings (SSSR count). The van der Waals surface area contributed by atoms with Gasteiger partial charge in [0.15, 0.2) is 0 Å². The van der Waals surface area contributed by atoms with Crippen LogP contribution in [0.4, 0.5) is 0 Å². The van der Waals surface area contributed by atoms with Gasteiger partial charge in [0.2, 0.25) is 0 Å². The fourth-order valence-electron chi connectivity index (χ4n) is 1.44. The van der Waals surface area contributed by atoms with Gasteiger partial charge in [-0.2, -0.15) is 0 Å². The molecule has 0 aliphatic heterocycles. The van der Waals surface area contributed by atoms with E-state index in [4.69, 9.17) is 39.5 Å². The molecule has 2 aromatic heterocycles. The van der Waals surface area contributed by atoms with E-state index in [1.165, 1.54) is 0 Å². The number of aromatic nitrogens is 2. The SMILES string of the molecule is CCOc1cncc(-c2nc(Cl)c(Cl)cc2Cl)c1. The van der Waals surface area contributed by atoms with Gasteiger partial charge in [0.1, 0.15) is 10.9 Å². The molecule has 2 aromatic rings. The number of ether oxygens (including phenoxy) is 1. The standard InChI is InChI=1S/C12H9Cl3N2O/c1-2-18-8-3-7(5-16-6-8)11-9(13)4-10(14)12(15)17-11/h3-6H,2H2,1H3. The van der Waals surface area contributed by atoms with Crippen LogP contribution in [0.25, 0.3) is 11.3 Å². The first-order chi connectivity index (χ1) is 8.61. The second-order valence-corrected chi connectivity index (χ2v) is 4.61. The lowest BCUT2D eigenvalue weighted by Crippen LogP contribution is -1.94. The van der Waals surface area contributed by atoms with Crippen LogP contribution in [0.1, 0.15) is 6.92 Å². The third-order valence-corrected chi connectivity index (χ3v) is 3.15. The normalized spacial score (nSPS) is 10.4. The largest absolute Gasteiger partial charge is 0.492 e. The zero-order chi connectivity index (χ0) is 13.1. The van der Waals surface area contributed by atoms with Crippen LogP contribution in [0.2, 0.25) is 15.2 Å². The molecule has 0 fully saturated rings. The Kier molecular flexibility index (Phi) is 4.27. The van der Waals surface area contributed by atoms with E-state index in [1.807, 2.05) is 6.92 Å². The van der Waals surface area contributed by atoms with E-state index in [9.17, 15) is 0 Å². The number of rotatable bonds is 3. The van der Waals surface area contributed by atoms with Crippen molar-refractivity contribution in [3.63, 3.8) is 0 Å². The van der Waals surface area contributed by atoms with Gasteiger partial charge >= 0.3 is 0 Å². The zero-order valence-corrected chi connectivity index (χ0v) is 11.7. The highest BCUT2D eigenvalue weighted by Crippen LogP contribution is 2.32. The van der Waals surface area contributed by atoms with E-state index in [-0.39, 0.29) is 5.15 Å². The molecule has 94 valence electrons. The van der Waals surface area contributed by atoms with Gasteiger partial charge in [0.05, 0.1) is 28.5 Å². The molecule has 0 aromatic carbocycles. The summed E-state index contributed by atoms with van der Waals surface area (Å²) in [6.45, 7) is 2.46. The van der Waals surface area contributed by atoms with Gasteiger partial charge in [0.25, 0.3) is 0 Å². The van der Waals surface area contributed by atoms with E-state index < -0.39 is 0 Å². The van der Waals surface area contributed by atoms with Crippen molar-refractivity contribution in [3.05, 3.63) is 39.7 Å². The van der Waals surface area contributed by atoms with E-state index in [0.717, 1.165) is 5.56 Å². The molecule has 0 unspecified atom stereocenters. The molecular formula is C12H9Cl3N2O. The molecule has 0 spiro atoms. The van der Waals surface area contributed by atoms with Crippen molar-refractivity contribution < 1.29 is 4.74 Å². The molecule has 0 bridgehead atoms. The summed E-state index contributed by atoms with van der Waals surface area (Å²) < 4.78 is 5.37. The van der Waals surface area contributed by atoms with Crippen LogP contribution in [-0.2, 0) is 0 Å². The first-order valence-corrected chi connectivity index (χ1v) is 6.35. The second kappa shape index (κ2) is 5.74. The minimum absolute atomic E-state index is 0.206. The molecule has 0 saturated heterocycles. The molecule has 0 aliphatic carbocycles. The maximum atomic E-state index is 6.09. The van der Waals surface area contributed by atoms with Gasteiger partial charge in [-0.1, -0.05) is 34.8 Å². The average molecular weight is 304 g/mol. The van der Waals surface area contributed by atoms with Crippen molar-refractivity contribution in [3.8, 4) is 17.0 Å². The zero-order valence-electron chi connectivity index (χ0n) is 9.45. The van der Waals surface area contributed by atoms with Crippen LogP contribution < -0.4 is 4.74 Å². The number of hydrogen-bond donors (Lipinski definition) is 0. The van der Waals surface area contributed by atoms with Gasteiger partial charge in [-0.05, 0) is 19.1 Å².